The van der Waals surface area contributed by atoms with Crippen LogP contribution in [-0.4, -0.2) is 42.8 Å². The maximum atomic E-state index is 11.9. The number of hydrogen-bond donors (Lipinski definition) is 1. The molecule has 0 unspecified atom stereocenters. The molecule has 1 saturated heterocycles. The van der Waals surface area contributed by atoms with Gasteiger partial charge < -0.3 is 5.11 Å². The van der Waals surface area contributed by atoms with Gasteiger partial charge in [0.25, 0.3) is 0 Å². The van der Waals surface area contributed by atoms with Crippen molar-refractivity contribution >= 4 is 10.0 Å². The van der Waals surface area contributed by atoms with Crippen molar-refractivity contribution in [1.29, 1.82) is 5.26 Å². The second-order valence-electron chi connectivity index (χ2n) is 4.02. The molecule has 1 heterocycles. The number of rotatable bonds is 6. The highest BCUT2D eigenvalue weighted by molar-refractivity contribution is 7.89. The molecule has 1 aliphatic rings. The molecule has 1 atom stereocenters. The minimum absolute atomic E-state index is 0.0885. The Hall–Kier alpha value is -0.640. The van der Waals surface area contributed by atoms with Crippen LogP contribution in [0.4, 0.5) is 0 Å². The van der Waals surface area contributed by atoms with Gasteiger partial charge in [-0.05, 0) is 25.7 Å². The SMILES string of the molecule is N#CCCCCS(=O)(=O)N1CCC[C@@H]1CO. The van der Waals surface area contributed by atoms with E-state index in [0.29, 0.717) is 25.8 Å². The van der Waals surface area contributed by atoms with Gasteiger partial charge in [0.05, 0.1) is 18.4 Å². The predicted octanol–water partition coefficient (Wildman–Crippen LogP) is 0.467. The first kappa shape index (κ1) is 13.4. The lowest BCUT2D eigenvalue weighted by Crippen LogP contribution is -2.39. The van der Waals surface area contributed by atoms with Gasteiger partial charge in [-0.15, -0.1) is 0 Å². The normalized spacial score (nSPS) is 22.1. The predicted molar refractivity (Wildman–Crippen MR) is 60.1 cm³/mol. The maximum absolute atomic E-state index is 11.9. The highest BCUT2D eigenvalue weighted by Crippen LogP contribution is 2.21. The molecule has 1 N–H and O–H groups in total. The minimum Gasteiger partial charge on any atom is -0.395 e. The zero-order valence-electron chi connectivity index (χ0n) is 9.30. The fourth-order valence-electron chi connectivity index (χ4n) is 1.96. The van der Waals surface area contributed by atoms with Gasteiger partial charge in [-0.1, -0.05) is 0 Å². The van der Waals surface area contributed by atoms with Crippen LogP contribution < -0.4 is 0 Å². The number of aliphatic hydroxyl groups excluding tert-OH is 1. The topological polar surface area (TPSA) is 81.4 Å². The lowest BCUT2D eigenvalue weighted by molar-refractivity contribution is 0.213. The smallest absolute Gasteiger partial charge is 0.214 e. The molecule has 0 bridgehead atoms. The highest BCUT2D eigenvalue weighted by Gasteiger charge is 2.32. The van der Waals surface area contributed by atoms with Crippen LogP contribution in [-0.2, 0) is 10.0 Å². The first-order valence-corrected chi connectivity index (χ1v) is 7.20. The summed E-state index contributed by atoms with van der Waals surface area (Å²) in [7, 11) is -3.24. The molecule has 5 nitrogen and oxygen atoms in total. The number of sulfonamides is 1. The molecule has 0 aromatic heterocycles. The Bertz CT molecular complexity index is 348. The molecule has 1 rings (SSSR count). The van der Waals surface area contributed by atoms with Crippen molar-refractivity contribution in [1.82, 2.24) is 4.31 Å². The van der Waals surface area contributed by atoms with Crippen LogP contribution in [0.2, 0.25) is 0 Å². The summed E-state index contributed by atoms with van der Waals surface area (Å²) < 4.78 is 25.2. The van der Waals surface area contributed by atoms with Gasteiger partial charge in [-0.2, -0.15) is 9.57 Å². The number of nitrogens with zero attached hydrogens (tertiary/aromatic N) is 2. The lowest BCUT2D eigenvalue weighted by atomic mass is 10.2. The van der Waals surface area contributed by atoms with Crippen molar-refractivity contribution in [2.75, 3.05) is 18.9 Å². The van der Waals surface area contributed by atoms with Gasteiger partial charge in [0.2, 0.25) is 10.0 Å². The third-order valence-corrected chi connectivity index (χ3v) is 4.83. The van der Waals surface area contributed by atoms with Crippen LogP contribution in [0.5, 0.6) is 0 Å². The first-order valence-electron chi connectivity index (χ1n) is 5.59. The summed E-state index contributed by atoms with van der Waals surface area (Å²) >= 11 is 0. The third-order valence-electron chi connectivity index (χ3n) is 2.83. The Balaban J connectivity index is 2.47. The summed E-state index contributed by atoms with van der Waals surface area (Å²) in [6, 6.07) is 1.76. The molecule has 0 saturated carbocycles. The van der Waals surface area contributed by atoms with Crippen molar-refractivity contribution in [3.8, 4) is 6.07 Å². The van der Waals surface area contributed by atoms with Crippen molar-refractivity contribution in [3.63, 3.8) is 0 Å². The summed E-state index contributed by atoms with van der Waals surface area (Å²) in [4.78, 5) is 0. The van der Waals surface area contributed by atoms with E-state index >= 15 is 0 Å². The Labute approximate surface area is 96.7 Å². The zero-order chi connectivity index (χ0) is 12.0. The molecule has 0 aromatic rings. The van der Waals surface area contributed by atoms with E-state index in [1.54, 1.807) is 0 Å². The summed E-state index contributed by atoms with van der Waals surface area (Å²) in [6.07, 6.45) is 3.10. The second kappa shape index (κ2) is 6.18. The number of hydrogen-bond acceptors (Lipinski definition) is 4. The standard InChI is InChI=1S/C10H18N2O3S/c11-6-2-1-3-8-16(14,15)12-7-4-5-10(12)9-13/h10,13H,1-5,7-9H2/t10-/m1/s1. The molecule has 1 aliphatic heterocycles. The molecule has 0 radical (unpaired) electrons. The van der Waals surface area contributed by atoms with Gasteiger partial charge in [-0.25, -0.2) is 8.42 Å². The van der Waals surface area contributed by atoms with Crippen LogP contribution in [0.1, 0.15) is 32.1 Å². The molecular weight excluding hydrogens is 228 g/mol. The Morgan fingerprint density at radius 3 is 2.81 bits per heavy atom. The van der Waals surface area contributed by atoms with Crippen LogP contribution in [0.15, 0.2) is 0 Å². The van der Waals surface area contributed by atoms with Crippen molar-refractivity contribution in [2.24, 2.45) is 0 Å². The van der Waals surface area contributed by atoms with Crippen LogP contribution in [0.3, 0.4) is 0 Å². The second-order valence-corrected chi connectivity index (χ2v) is 6.06. The summed E-state index contributed by atoms with van der Waals surface area (Å²) in [6.45, 7) is 0.420. The molecular formula is C10H18N2O3S. The monoisotopic (exact) mass is 246 g/mol. The molecule has 0 spiro atoms. The van der Waals surface area contributed by atoms with E-state index < -0.39 is 10.0 Å². The maximum Gasteiger partial charge on any atom is 0.214 e. The Morgan fingerprint density at radius 2 is 2.19 bits per heavy atom. The van der Waals surface area contributed by atoms with E-state index in [9.17, 15) is 8.42 Å². The van der Waals surface area contributed by atoms with E-state index in [1.165, 1.54) is 4.31 Å². The largest absolute Gasteiger partial charge is 0.395 e. The summed E-state index contributed by atoms with van der Waals surface area (Å²) in [5.41, 5.74) is 0. The third kappa shape index (κ3) is 3.44. The number of unbranched alkanes of at least 4 members (excludes halogenated alkanes) is 2. The fraction of sp³-hybridized carbons (Fsp3) is 0.900. The number of aliphatic hydroxyl groups is 1. The molecule has 92 valence electrons. The van der Waals surface area contributed by atoms with Crippen LogP contribution in [0, 0.1) is 11.3 Å². The van der Waals surface area contributed by atoms with Gasteiger partial charge in [0.1, 0.15) is 0 Å². The molecule has 16 heavy (non-hydrogen) atoms. The van der Waals surface area contributed by atoms with E-state index in [-0.39, 0.29) is 18.4 Å². The van der Waals surface area contributed by atoms with Gasteiger partial charge >= 0.3 is 0 Å². The zero-order valence-corrected chi connectivity index (χ0v) is 10.1. The highest BCUT2D eigenvalue weighted by atomic mass is 32.2. The van der Waals surface area contributed by atoms with Crippen LogP contribution in [0.25, 0.3) is 0 Å². The molecule has 6 heteroatoms. The number of nitriles is 1. The minimum atomic E-state index is -3.24. The Morgan fingerprint density at radius 1 is 1.44 bits per heavy atom. The van der Waals surface area contributed by atoms with E-state index in [0.717, 1.165) is 12.8 Å². The Kier molecular flexibility index (Phi) is 5.19. The molecule has 0 amide bonds. The first-order chi connectivity index (χ1) is 7.61. The fourth-order valence-corrected chi connectivity index (χ4v) is 3.80. The average Bonchev–Trinajstić information content (AvgIpc) is 2.73. The van der Waals surface area contributed by atoms with Crippen molar-refractivity contribution in [2.45, 2.75) is 38.1 Å². The van der Waals surface area contributed by atoms with Crippen molar-refractivity contribution < 1.29 is 13.5 Å². The average molecular weight is 246 g/mol. The quantitative estimate of drug-likeness (QED) is 0.691. The van der Waals surface area contributed by atoms with Crippen molar-refractivity contribution in [3.05, 3.63) is 0 Å². The molecule has 0 aliphatic carbocycles. The van der Waals surface area contributed by atoms with Gasteiger partial charge in [0.15, 0.2) is 0 Å². The molecule has 1 fully saturated rings. The summed E-state index contributed by atoms with van der Waals surface area (Å²) in [5.74, 6) is 0.0885. The lowest BCUT2D eigenvalue weighted by Gasteiger charge is -2.22. The van der Waals surface area contributed by atoms with E-state index in [4.69, 9.17) is 10.4 Å². The van der Waals surface area contributed by atoms with E-state index in [2.05, 4.69) is 0 Å². The van der Waals surface area contributed by atoms with Crippen LogP contribution >= 0.6 is 0 Å². The molecule has 0 aromatic carbocycles. The van der Waals surface area contributed by atoms with Gasteiger partial charge in [-0.3, -0.25) is 0 Å². The summed E-state index contributed by atoms with van der Waals surface area (Å²) in [5, 5.41) is 17.4. The van der Waals surface area contributed by atoms with Gasteiger partial charge in [0, 0.05) is 19.0 Å². The van der Waals surface area contributed by atoms with E-state index in [1.807, 2.05) is 6.07 Å².